The monoisotopic (exact) mass is 292 g/mol. The van der Waals surface area contributed by atoms with E-state index in [-0.39, 0.29) is 11.6 Å². The van der Waals surface area contributed by atoms with Crippen molar-refractivity contribution in [3.05, 3.63) is 35.0 Å². The van der Waals surface area contributed by atoms with Crippen molar-refractivity contribution in [2.75, 3.05) is 6.61 Å². The number of hydrogen-bond acceptors (Lipinski definition) is 3. The van der Waals surface area contributed by atoms with E-state index in [0.717, 1.165) is 47.3 Å². The quantitative estimate of drug-likeness (QED) is 0.754. The zero-order valence-corrected chi connectivity index (χ0v) is 12.0. The molecule has 0 bridgehead atoms. The lowest BCUT2D eigenvalue weighted by atomic mass is 10.1. The molecule has 0 N–H and O–H groups in total. The second kappa shape index (κ2) is 6.02. The van der Waals surface area contributed by atoms with Gasteiger partial charge in [0.25, 0.3) is 0 Å². The summed E-state index contributed by atoms with van der Waals surface area (Å²) in [5.74, 6) is -0.0997. The number of benzene rings is 1. The van der Waals surface area contributed by atoms with Crippen LogP contribution in [-0.2, 0) is 4.74 Å². The standard InChI is InChI=1S/C16H17FO2S/c17-12-6-7-15-11(9-12)10-16(20-15)14(18)5-1-3-13-4-2-8-19-13/h6-7,9-10,13H,1-5,8H2. The Morgan fingerprint density at radius 3 is 3.10 bits per heavy atom. The minimum atomic E-state index is -0.257. The van der Waals surface area contributed by atoms with Crippen LogP contribution in [0.1, 0.15) is 41.8 Å². The number of ketones is 1. The summed E-state index contributed by atoms with van der Waals surface area (Å²) in [5.41, 5.74) is 0. The zero-order chi connectivity index (χ0) is 13.9. The fourth-order valence-corrected chi connectivity index (χ4v) is 3.65. The number of halogens is 1. The normalized spacial score (nSPS) is 18.8. The smallest absolute Gasteiger partial charge is 0.172 e. The average Bonchev–Trinajstić information content (AvgIpc) is 3.06. The number of ether oxygens (including phenoxy) is 1. The molecule has 1 aromatic heterocycles. The number of fused-ring (bicyclic) bond motifs is 1. The Labute approximate surface area is 121 Å². The third-order valence-electron chi connectivity index (χ3n) is 3.71. The van der Waals surface area contributed by atoms with Crippen LogP contribution in [-0.4, -0.2) is 18.5 Å². The summed E-state index contributed by atoms with van der Waals surface area (Å²) in [6.45, 7) is 0.862. The lowest BCUT2D eigenvalue weighted by molar-refractivity contribution is 0.0925. The molecule has 1 aliphatic rings. The van der Waals surface area contributed by atoms with Gasteiger partial charge in [-0.25, -0.2) is 4.39 Å². The maximum atomic E-state index is 13.1. The maximum Gasteiger partial charge on any atom is 0.172 e. The summed E-state index contributed by atoms with van der Waals surface area (Å²) in [6, 6.07) is 6.45. The van der Waals surface area contributed by atoms with Crippen LogP contribution in [0.2, 0.25) is 0 Å². The zero-order valence-electron chi connectivity index (χ0n) is 11.2. The van der Waals surface area contributed by atoms with Gasteiger partial charge in [-0.15, -0.1) is 11.3 Å². The molecule has 4 heteroatoms. The van der Waals surface area contributed by atoms with Crippen LogP contribution in [0.15, 0.2) is 24.3 Å². The van der Waals surface area contributed by atoms with Gasteiger partial charge in [0, 0.05) is 17.7 Å². The molecule has 2 heterocycles. The minimum absolute atomic E-state index is 0.157. The van der Waals surface area contributed by atoms with Crippen LogP contribution in [0.25, 0.3) is 10.1 Å². The van der Waals surface area contributed by atoms with Gasteiger partial charge in [-0.05, 0) is 55.3 Å². The van der Waals surface area contributed by atoms with Gasteiger partial charge in [-0.2, -0.15) is 0 Å². The Bertz CT molecular complexity index is 614. The number of thiophene rings is 1. The third-order valence-corrected chi connectivity index (χ3v) is 4.86. The van der Waals surface area contributed by atoms with Crippen molar-refractivity contribution < 1.29 is 13.9 Å². The number of Topliss-reactive ketones (excluding diaryl/α,β-unsaturated/α-hetero) is 1. The van der Waals surface area contributed by atoms with Crippen molar-refractivity contribution in [2.45, 2.75) is 38.2 Å². The van der Waals surface area contributed by atoms with Gasteiger partial charge in [0.15, 0.2) is 5.78 Å². The van der Waals surface area contributed by atoms with Crippen LogP contribution >= 0.6 is 11.3 Å². The molecule has 1 atom stereocenters. The molecule has 106 valence electrons. The Balaban J connectivity index is 1.60. The van der Waals surface area contributed by atoms with E-state index < -0.39 is 0 Å². The highest BCUT2D eigenvalue weighted by molar-refractivity contribution is 7.20. The lowest BCUT2D eigenvalue weighted by Crippen LogP contribution is -2.06. The molecule has 1 aromatic carbocycles. The van der Waals surface area contributed by atoms with Crippen LogP contribution in [0.4, 0.5) is 4.39 Å². The maximum absolute atomic E-state index is 13.1. The van der Waals surface area contributed by atoms with Crippen LogP contribution in [0.5, 0.6) is 0 Å². The summed E-state index contributed by atoms with van der Waals surface area (Å²) in [4.78, 5) is 12.9. The van der Waals surface area contributed by atoms with Gasteiger partial charge < -0.3 is 4.74 Å². The molecular weight excluding hydrogens is 275 g/mol. The first kappa shape index (κ1) is 13.7. The van der Waals surface area contributed by atoms with Gasteiger partial charge in [-0.3, -0.25) is 4.79 Å². The van der Waals surface area contributed by atoms with E-state index >= 15 is 0 Å². The first-order chi connectivity index (χ1) is 9.72. The van der Waals surface area contributed by atoms with Gasteiger partial charge in [0.1, 0.15) is 5.82 Å². The summed E-state index contributed by atoms with van der Waals surface area (Å²) < 4.78 is 19.6. The molecule has 0 amide bonds. The van der Waals surface area contributed by atoms with Crippen molar-refractivity contribution in [3.63, 3.8) is 0 Å². The molecule has 1 unspecified atom stereocenters. The van der Waals surface area contributed by atoms with Gasteiger partial charge in [0.05, 0.1) is 11.0 Å². The predicted molar refractivity (Wildman–Crippen MR) is 78.9 cm³/mol. The number of rotatable bonds is 5. The second-order valence-electron chi connectivity index (χ2n) is 5.24. The van der Waals surface area contributed by atoms with E-state index in [9.17, 15) is 9.18 Å². The summed E-state index contributed by atoms with van der Waals surface area (Å²) in [5, 5.41) is 0.817. The van der Waals surface area contributed by atoms with Gasteiger partial charge in [-0.1, -0.05) is 0 Å². The Morgan fingerprint density at radius 1 is 1.40 bits per heavy atom. The highest BCUT2D eigenvalue weighted by Gasteiger charge is 2.16. The van der Waals surface area contributed by atoms with Crippen LogP contribution in [0, 0.1) is 5.82 Å². The molecule has 1 fully saturated rings. The largest absolute Gasteiger partial charge is 0.378 e. The molecule has 0 saturated carbocycles. The molecule has 20 heavy (non-hydrogen) atoms. The van der Waals surface area contributed by atoms with Crippen LogP contribution in [0.3, 0.4) is 0 Å². The van der Waals surface area contributed by atoms with Crippen molar-refractivity contribution in [2.24, 2.45) is 0 Å². The van der Waals surface area contributed by atoms with Crippen molar-refractivity contribution >= 4 is 27.2 Å². The minimum Gasteiger partial charge on any atom is -0.378 e. The van der Waals surface area contributed by atoms with Crippen LogP contribution < -0.4 is 0 Å². The molecule has 0 aliphatic carbocycles. The van der Waals surface area contributed by atoms with E-state index in [2.05, 4.69) is 0 Å². The van der Waals surface area contributed by atoms with E-state index in [1.54, 1.807) is 12.1 Å². The van der Waals surface area contributed by atoms with E-state index in [0.29, 0.717) is 12.5 Å². The Hall–Kier alpha value is -1.26. The van der Waals surface area contributed by atoms with Crippen molar-refractivity contribution in [1.82, 2.24) is 0 Å². The fraction of sp³-hybridized carbons (Fsp3) is 0.438. The van der Waals surface area contributed by atoms with Gasteiger partial charge >= 0.3 is 0 Å². The molecule has 2 aromatic rings. The number of hydrogen-bond donors (Lipinski definition) is 0. The molecule has 2 nitrogen and oxygen atoms in total. The average molecular weight is 292 g/mol. The highest BCUT2D eigenvalue weighted by atomic mass is 32.1. The molecule has 1 saturated heterocycles. The molecule has 3 rings (SSSR count). The Kier molecular flexibility index (Phi) is 4.13. The van der Waals surface area contributed by atoms with Crippen molar-refractivity contribution in [3.8, 4) is 0 Å². The summed E-state index contributed by atoms with van der Waals surface area (Å²) in [7, 11) is 0. The Morgan fingerprint density at radius 2 is 2.30 bits per heavy atom. The van der Waals surface area contributed by atoms with Gasteiger partial charge in [0.2, 0.25) is 0 Å². The van der Waals surface area contributed by atoms with E-state index in [1.165, 1.54) is 23.5 Å². The summed E-state index contributed by atoms with van der Waals surface area (Å²) in [6.07, 6.45) is 4.99. The van der Waals surface area contributed by atoms with E-state index in [1.807, 2.05) is 0 Å². The van der Waals surface area contributed by atoms with Crippen molar-refractivity contribution in [1.29, 1.82) is 0 Å². The fourth-order valence-electron chi connectivity index (χ4n) is 2.64. The second-order valence-corrected chi connectivity index (χ2v) is 6.33. The first-order valence-corrected chi connectivity index (χ1v) is 7.88. The SMILES string of the molecule is O=C(CCCC1CCCO1)c1cc2cc(F)ccc2s1. The number of carbonyl (C=O) groups is 1. The molecule has 0 spiro atoms. The summed E-state index contributed by atoms with van der Waals surface area (Å²) >= 11 is 1.45. The molecular formula is C16H17FO2S. The topological polar surface area (TPSA) is 26.3 Å². The molecule has 0 radical (unpaired) electrons. The third kappa shape index (κ3) is 3.07. The van der Waals surface area contributed by atoms with E-state index in [4.69, 9.17) is 4.74 Å². The lowest BCUT2D eigenvalue weighted by Gasteiger charge is -2.07. The highest BCUT2D eigenvalue weighted by Crippen LogP contribution is 2.28. The predicted octanol–water partition coefficient (Wildman–Crippen LogP) is 4.57. The first-order valence-electron chi connectivity index (χ1n) is 7.06. The number of carbonyl (C=O) groups excluding carboxylic acids is 1. The molecule has 1 aliphatic heterocycles.